The van der Waals surface area contributed by atoms with Crippen LogP contribution >= 0.6 is 0 Å². The highest BCUT2D eigenvalue weighted by atomic mass is 32.2. The van der Waals surface area contributed by atoms with Gasteiger partial charge < -0.3 is 21.5 Å². The molecule has 0 radical (unpaired) electrons. The topological polar surface area (TPSA) is 125 Å². The number of sulfone groups is 1. The molecule has 2 aromatic rings. The van der Waals surface area contributed by atoms with Gasteiger partial charge >= 0.3 is 0 Å². The van der Waals surface area contributed by atoms with E-state index in [1.54, 1.807) is 12.1 Å². The van der Waals surface area contributed by atoms with Crippen molar-refractivity contribution >= 4 is 15.7 Å². The number of rotatable bonds is 7. The van der Waals surface area contributed by atoms with Gasteiger partial charge in [-0.05, 0) is 74.7 Å². The summed E-state index contributed by atoms with van der Waals surface area (Å²) in [6.45, 7) is 1.54. The standard InChI is InChI=1S/C20H25N3O4S/c21-19(24)20(22,14-15-10-12-23-13-11-15)28(25,26)18-8-6-17(7-9-18)27-16-4-2-1-3-5-16/h1-9,15,23H,10-14,22H2,(H2,21,24)/t20-/m1/s1. The lowest BCUT2D eigenvalue weighted by atomic mass is 9.91. The number of nitrogens with two attached hydrogens (primary N) is 2. The summed E-state index contributed by atoms with van der Waals surface area (Å²) in [5.74, 6) is 0.101. The van der Waals surface area contributed by atoms with E-state index >= 15 is 0 Å². The molecule has 0 saturated carbocycles. The van der Waals surface area contributed by atoms with Crippen molar-refractivity contribution in [1.29, 1.82) is 0 Å². The Kier molecular flexibility index (Phi) is 6.02. The molecule has 3 rings (SSSR count). The lowest BCUT2D eigenvalue weighted by Gasteiger charge is -2.32. The van der Waals surface area contributed by atoms with Crippen LogP contribution in [0, 0.1) is 5.92 Å². The maximum Gasteiger partial charge on any atom is 0.253 e. The zero-order valence-electron chi connectivity index (χ0n) is 15.5. The first-order valence-electron chi connectivity index (χ1n) is 9.20. The Labute approximate surface area is 165 Å². The van der Waals surface area contributed by atoms with E-state index in [2.05, 4.69) is 5.32 Å². The van der Waals surface area contributed by atoms with Crippen LogP contribution < -0.4 is 21.5 Å². The molecule has 0 bridgehead atoms. The summed E-state index contributed by atoms with van der Waals surface area (Å²) in [7, 11) is -4.16. The second-order valence-electron chi connectivity index (χ2n) is 7.04. The van der Waals surface area contributed by atoms with Crippen LogP contribution in [-0.4, -0.2) is 32.3 Å². The minimum absolute atomic E-state index is 0.00855. The second kappa shape index (κ2) is 8.30. The van der Waals surface area contributed by atoms with E-state index in [4.69, 9.17) is 16.2 Å². The second-order valence-corrected chi connectivity index (χ2v) is 9.25. The fourth-order valence-corrected chi connectivity index (χ4v) is 5.01. The van der Waals surface area contributed by atoms with E-state index in [0.717, 1.165) is 25.9 Å². The SMILES string of the molecule is NC(=O)[C@@](N)(CC1CCNCC1)S(=O)(=O)c1ccc(Oc2ccccc2)cc1. The van der Waals surface area contributed by atoms with Crippen LogP contribution in [0.4, 0.5) is 0 Å². The molecule has 1 atom stereocenters. The van der Waals surface area contributed by atoms with Crippen molar-refractivity contribution in [3.63, 3.8) is 0 Å². The number of benzene rings is 2. The summed E-state index contributed by atoms with van der Waals surface area (Å²) in [5, 5.41) is 3.21. The molecule has 1 heterocycles. The highest BCUT2D eigenvalue weighted by Crippen LogP contribution is 2.32. The molecule has 1 saturated heterocycles. The van der Waals surface area contributed by atoms with E-state index < -0.39 is 20.6 Å². The molecule has 1 aliphatic heterocycles. The summed E-state index contributed by atoms with van der Waals surface area (Å²) in [4.78, 5) is 9.91. The predicted molar refractivity (Wildman–Crippen MR) is 106 cm³/mol. The molecule has 0 aromatic heterocycles. The van der Waals surface area contributed by atoms with E-state index in [1.165, 1.54) is 24.3 Å². The third kappa shape index (κ3) is 4.19. The molecular weight excluding hydrogens is 378 g/mol. The molecular formula is C20H25N3O4S. The largest absolute Gasteiger partial charge is 0.457 e. The third-order valence-corrected chi connectivity index (χ3v) is 7.28. The van der Waals surface area contributed by atoms with Crippen LogP contribution in [0.2, 0.25) is 0 Å². The van der Waals surface area contributed by atoms with Crippen molar-refractivity contribution in [3.05, 3.63) is 54.6 Å². The normalized spacial score (nSPS) is 17.6. The van der Waals surface area contributed by atoms with Crippen LogP contribution in [0.5, 0.6) is 11.5 Å². The number of para-hydroxylation sites is 1. The fourth-order valence-electron chi connectivity index (χ4n) is 3.38. The number of amides is 1. The lowest BCUT2D eigenvalue weighted by molar-refractivity contribution is -0.121. The Bertz CT molecular complexity index is 910. The van der Waals surface area contributed by atoms with E-state index in [1.807, 2.05) is 18.2 Å². The van der Waals surface area contributed by atoms with Crippen molar-refractivity contribution < 1.29 is 17.9 Å². The highest BCUT2D eigenvalue weighted by molar-refractivity contribution is 7.93. The molecule has 5 N–H and O–H groups in total. The molecule has 1 fully saturated rings. The van der Waals surface area contributed by atoms with Crippen LogP contribution in [0.3, 0.4) is 0 Å². The van der Waals surface area contributed by atoms with Gasteiger partial charge in [0.1, 0.15) is 11.5 Å². The number of carbonyl (C=O) groups is 1. The van der Waals surface area contributed by atoms with Gasteiger partial charge in [0.15, 0.2) is 0 Å². The number of ether oxygens (including phenoxy) is 1. The minimum Gasteiger partial charge on any atom is -0.457 e. The zero-order chi connectivity index (χ0) is 20.2. The summed E-state index contributed by atoms with van der Waals surface area (Å²) in [6, 6.07) is 15.0. The van der Waals surface area contributed by atoms with Gasteiger partial charge in [-0.15, -0.1) is 0 Å². The fraction of sp³-hybridized carbons (Fsp3) is 0.350. The van der Waals surface area contributed by atoms with Crippen molar-refractivity contribution in [1.82, 2.24) is 5.32 Å². The number of carbonyl (C=O) groups excluding carboxylic acids is 1. The first-order valence-corrected chi connectivity index (χ1v) is 10.7. The van der Waals surface area contributed by atoms with Crippen molar-refractivity contribution in [2.24, 2.45) is 17.4 Å². The van der Waals surface area contributed by atoms with E-state index in [9.17, 15) is 13.2 Å². The summed E-state index contributed by atoms with van der Waals surface area (Å²) < 4.78 is 32.0. The van der Waals surface area contributed by atoms with Crippen LogP contribution in [0.15, 0.2) is 59.5 Å². The number of primary amides is 1. The molecule has 8 heteroatoms. The zero-order valence-corrected chi connectivity index (χ0v) is 16.3. The van der Waals surface area contributed by atoms with Gasteiger partial charge in [0, 0.05) is 0 Å². The maximum absolute atomic E-state index is 13.2. The smallest absolute Gasteiger partial charge is 0.253 e. The van der Waals surface area contributed by atoms with Crippen molar-refractivity contribution in [2.75, 3.05) is 13.1 Å². The average Bonchev–Trinajstić information content (AvgIpc) is 2.69. The monoisotopic (exact) mass is 403 g/mol. The quantitative estimate of drug-likeness (QED) is 0.647. The van der Waals surface area contributed by atoms with Gasteiger partial charge in [0.25, 0.3) is 5.91 Å². The first kappa shape index (κ1) is 20.3. The molecule has 0 unspecified atom stereocenters. The molecule has 1 amide bonds. The van der Waals surface area contributed by atoms with Crippen molar-refractivity contribution in [2.45, 2.75) is 29.0 Å². The summed E-state index contributed by atoms with van der Waals surface area (Å²) in [5.41, 5.74) is 11.6. The molecule has 7 nitrogen and oxygen atoms in total. The summed E-state index contributed by atoms with van der Waals surface area (Å²) >= 11 is 0. The van der Waals surface area contributed by atoms with Crippen LogP contribution in [0.1, 0.15) is 19.3 Å². The van der Waals surface area contributed by atoms with Crippen molar-refractivity contribution in [3.8, 4) is 11.5 Å². The Morgan fingerprint density at radius 3 is 2.18 bits per heavy atom. The Morgan fingerprint density at radius 1 is 1.04 bits per heavy atom. The molecule has 150 valence electrons. The Balaban J connectivity index is 1.83. The highest BCUT2D eigenvalue weighted by Gasteiger charge is 2.48. The number of hydrogen-bond acceptors (Lipinski definition) is 6. The molecule has 0 aliphatic carbocycles. The number of nitrogens with one attached hydrogen (secondary N) is 1. The number of piperidine rings is 1. The predicted octanol–water partition coefficient (Wildman–Crippen LogP) is 1.78. The van der Waals surface area contributed by atoms with E-state index in [0.29, 0.717) is 11.5 Å². The molecule has 0 spiro atoms. The summed E-state index contributed by atoms with van der Waals surface area (Å²) in [6.07, 6.45) is 1.52. The molecule has 1 aliphatic rings. The minimum atomic E-state index is -4.16. The van der Waals surface area contributed by atoms with Gasteiger partial charge in [0.05, 0.1) is 4.90 Å². The van der Waals surface area contributed by atoms with Gasteiger partial charge in [-0.2, -0.15) is 0 Å². The van der Waals surface area contributed by atoms with Gasteiger partial charge in [-0.3, -0.25) is 4.79 Å². The molecule has 28 heavy (non-hydrogen) atoms. The molecule has 2 aromatic carbocycles. The lowest BCUT2D eigenvalue weighted by Crippen LogP contribution is -2.59. The van der Waals surface area contributed by atoms with Gasteiger partial charge in [-0.25, -0.2) is 8.42 Å². The van der Waals surface area contributed by atoms with Crippen LogP contribution in [0.25, 0.3) is 0 Å². The average molecular weight is 404 g/mol. The maximum atomic E-state index is 13.2. The van der Waals surface area contributed by atoms with Gasteiger partial charge in [-0.1, -0.05) is 18.2 Å². The number of hydrogen-bond donors (Lipinski definition) is 3. The van der Waals surface area contributed by atoms with Crippen LogP contribution in [-0.2, 0) is 14.6 Å². The first-order chi connectivity index (χ1) is 13.3. The van der Waals surface area contributed by atoms with E-state index in [-0.39, 0.29) is 17.2 Å². The Morgan fingerprint density at radius 2 is 1.61 bits per heavy atom. The Hall–Kier alpha value is -2.42. The third-order valence-electron chi connectivity index (χ3n) is 5.06. The van der Waals surface area contributed by atoms with Gasteiger partial charge in [0.2, 0.25) is 14.7 Å².